The molecule has 0 radical (unpaired) electrons. The van der Waals surface area contributed by atoms with Crippen LogP contribution in [0.4, 0.5) is 4.39 Å². The first-order chi connectivity index (χ1) is 8.44. The fraction of sp³-hybridized carbons (Fsp3) is 0.455. The van der Waals surface area contributed by atoms with Crippen molar-refractivity contribution in [1.29, 1.82) is 0 Å². The van der Waals surface area contributed by atoms with Crippen LogP contribution in [0.5, 0.6) is 5.75 Å². The summed E-state index contributed by atoms with van der Waals surface area (Å²) < 4.78 is 36.1. The summed E-state index contributed by atoms with van der Waals surface area (Å²) in [6.45, 7) is 3.58. The zero-order valence-electron chi connectivity index (χ0n) is 10.3. The number of benzene rings is 1. The van der Waals surface area contributed by atoms with E-state index in [9.17, 15) is 8.96 Å². The molecule has 0 unspecified atom stereocenters. The van der Waals surface area contributed by atoms with Crippen molar-refractivity contribution >= 4 is 7.60 Å². The van der Waals surface area contributed by atoms with E-state index >= 15 is 0 Å². The van der Waals surface area contributed by atoms with Crippen molar-refractivity contribution in [2.45, 2.75) is 19.6 Å². The van der Waals surface area contributed by atoms with Crippen molar-refractivity contribution in [2.24, 2.45) is 5.73 Å². The van der Waals surface area contributed by atoms with Gasteiger partial charge in [0.15, 0.2) is 0 Å². The van der Waals surface area contributed by atoms with Gasteiger partial charge in [-0.15, -0.1) is 0 Å². The number of phenolic OH excluding ortho intramolecular Hbond substituents is 1. The highest BCUT2D eigenvalue weighted by Gasteiger charge is 2.35. The Bertz CT molecular complexity index is 445. The Hall–Kier alpha value is -0.940. The maximum absolute atomic E-state index is 13.6. The molecule has 0 aliphatic rings. The van der Waals surface area contributed by atoms with E-state index in [4.69, 9.17) is 19.9 Å². The van der Waals surface area contributed by atoms with Crippen molar-refractivity contribution in [3.8, 4) is 5.75 Å². The zero-order chi connectivity index (χ0) is 13.8. The van der Waals surface area contributed by atoms with Crippen molar-refractivity contribution in [1.82, 2.24) is 0 Å². The van der Waals surface area contributed by atoms with Gasteiger partial charge in [-0.25, -0.2) is 4.39 Å². The van der Waals surface area contributed by atoms with Crippen molar-refractivity contribution < 1.29 is 23.1 Å². The normalized spacial score (nSPS) is 13.6. The van der Waals surface area contributed by atoms with Crippen LogP contribution in [0.3, 0.4) is 0 Å². The second kappa shape index (κ2) is 6.29. The minimum atomic E-state index is -3.62. The molecule has 0 saturated heterocycles. The monoisotopic (exact) mass is 277 g/mol. The van der Waals surface area contributed by atoms with E-state index in [-0.39, 0.29) is 24.5 Å². The number of halogens is 1. The summed E-state index contributed by atoms with van der Waals surface area (Å²) in [5.41, 5.74) is 5.75. The van der Waals surface area contributed by atoms with Gasteiger partial charge in [-0.1, -0.05) is 6.07 Å². The van der Waals surface area contributed by atoms with E-state index in [1.165, 1.54) is 12.1 Å². The van der Waals surface area contributed by atoms with Gasteiger partial charge in [0.1, 0.15) is 17.3 Å². The van der Waals surface area contributed by atoms with Crippen LogP contribution < -0.4 is 5.73 Å². The van der Waals surface area contributed by atoms with Gasteiger partial charge in [-0.05, 0) is 19.9 Å². The lowest BCUT2D eigenvalue weighted by molar-refractivity contribution is 0.212. The summed E-state index contributed by atoms with van der Waals surface area (Å²) in [6, 6.07) is 3.43. The van der Waals surface area contributed by atoms with E-state index in [1.54, 1.807) is 13.8 Å². The molecule has 0 aliphatic heterocycles. The lowest BCUT2D eigenvalue weighted by Crippen LogP contribution is -2.16. The molecule has 1 aromatic rings. The fourth-order valence-corrected chi connectivity index (χ4v) is 3.15. The SMILES string of the molecule is CCOP(=O)(OCC)[C@@H](N)c1ccc(O)cc1F. The third-order valence-corrected chi connectivity index (χ3v) is 4.46. The van der Waals surface area contributed by atoms with Crippen LogP contribution in [0.25, 0.3) is 0 Å². The molecule has 0 fully saturated rings. The van der Waals surface area contributed by atoms with E-state index in [2.05, 4.69) is 0 Å². The predicted octanol–water partition coefficient (Wildman–Crippen LogP) is 2.75. The quantitative estimate of drug-likeness (QED) is 0.781. The maximum atomic E-state index is 13.6. The van der Waals surface area contributed by atoms with Gasteiger partial charge in [0.2, 0.25) is 0 Å². The second-order valence-corrected chi connectivity index (χ2v) is 5.68. The fourth-order valence-electron chi connectivity index (χ4n) is 1.48. The molecule has 0 aliphatic carbocycles. The van der Waals surface area contributed by atoms with E-state index in [0.29, 0.717) is 0 Å². The molecular formula is C11H17FNO4P. The number of nitrogens with two attached hydrogens (primary N) is 1. The Morgan fingerprint density at radius 3 is 2.39 bits per heavy atom. The second-order valence-electron chi connectivity index (χ2n) is 3.53. The minimum absolute atomic E-state index is 0.0157. The molecule has 1 atom stereocenters. The number of phenols is 1. The van der Waals surface area contributed by atoms with Crippen LogP contribution in [0.1, 0.15) is 25.2 Å². The Balaban J connectivity index is 3.09. The molecule has 0 bridgehead atoms. The smallest absolute Gasteiger partial charge is 0.351 e. The van der Waals surface area contributed by atoms with Gasteiger partial charge >= 0.3 is 7.60 Å². The summed E-state index contributed by atoms with van der Waals surface area (Å²) in [6.07, 6.45) is 0. The van der Waals surface area contributed by atoms with Crippen molar-refractivity contribution in [2.75, 3.05) is 13.2 Å². The molecule has 102 valence electrons. The molecule has 0 spiro atoms. The van der Waals surface area contributed by atoms with Crippen LogP contribution in [-0.2, 0) is 13.6 Å². The molecule has 3 N–H and O–H groups in total. The highest BCUT2D eigenvalue weighted by molar-refractivity contribution is 7.54. The summed E-state index contributed by atoms with van der Waals surface area (Å²) in [5.74, 6) is -2.20. The van der Waals surface area contributed by atoms with Crippen LogP contribution >= 0.6 is 7.60 Å². The van der Waals surface area contributed by atoms with Gasteiger partial charge in [0.25, 0.3) is 0 Å². The molecule has 0 heterocycles. The van der Waals surface area contributed by atoms with Crippen molar-refractivity contribution in [3.05, 3.63) is 29.6 Å². The first-order valence-electron chi connectivity index (χ1n) is 5.57. The number of hydrogen-bond acceptors (Lipinski definition) is 5. The molecule has 1 aromatic carbocycles. The van der Waals surface area contributed by atoms with Crippen LogP contribution in [0.15, 0.2) is 18.2 Å². The summed E-state index contributed by atoms with van der Waals surface area (Å²) in [4.78, 5) is 0. The Morgan fingerprint density at radius 2 is 1.94 bits per heavy atom. The third-order valence-electron chi connectivity index (χ3n) is 2.26. The largest absolute Gasteiger partial charge is 0.508 e. The number of rotatable bonds is 6. The first-order valence-corrected chi connectivity index (χ1v) is 7.18. The average molecular weight is 277 g/mol. The minimum Gasteiger partial charge on any atom is -0.508 e. The van der Waals surface area contributed by atoms with Gasteiger partial charge in [-0.2, -0.15) is 0 Å². The summed E-state index contributed by atoms with van der Waals surface area (Å²) in [7, 11) is -3.62. The topological polar surface area (TPSA) is 81.8 Å². The summed E-state index contributed by atoms with van der Waals surface area (Å²) in [5, 5.41) is 9.12. The molecule has 1 rings (SSSR count). The molecule has 5 nitrogen and oxygen atoms in total. The Kier molecular flexibility index (Phi) is 5.28. The first kappa shape index (κ1) is 15.1. The van der Waals surface area contributed by atoms with Crippen LogP contribution in [0, 0.1) is 5.82 Å². The van der Waals surface area contributed by atoms with Gasteiger partial charge in [-0.3, -0.25) is 4.57 Å². The molecule has 0 saturated carbocycles. The van der Waals surface area contributed by atoms with Gasteiger partial charge in [0.05, 0.1) is 13.2 Å². The Labute approximate surface area is 105 Å². The molecule has 0 amide bonds. The highest BCUT2D eigenvalue weighted by atomic mass is 31.2. The zero-order valence-corrected chi connectivity index (χ0v) is 11.2. The van der Waals surface area contributed by atoms with Crippen molar-refractivity contribution in [3.63, 3.8) is 0 Å². The number of aromatic hydroxyl groups is 1. The molecule has 0 aromatic heterocycles. The molecular weight excluding hydrogens is 260 g/mol. The van der Waals surface area contributed by atoms with Gasteiger partial charge in [0, 0.05) is 11.6 Å². The highest BCUT2D eigenvalue weighted by Crippen LogP contribution is 2.58. The van der Waals surface area contributed by atoms with Crippen LogP contribution in [0.2, 0.25) is 0 Å². The predicted molar refractivity (Wildman–Crippen MR) is 65.9 cm³/mol. The lowest BCUT2D eigenvalue weighted by atomic mass is 10.2. The summed E-state index contributed by atoms with van der Waals surface area (Å²) >= 11 is 0. The number of hydrogen-bond donors (Lipinski definition) is 2. The average Bonchev–Trinajstić information content (AvgIpc) is 2.29. The maximum Gasteiger partial charge on any atom is 0.351 e. The van der Waals surface area contributed by atoms with Crippen LogP contribution in [-0.4, -0.2) is 18.3 Å². The van der Waals surface area contributed by atoms with E-state index in [0.717, 1.165) is 6.07 Å². The van der Waals surface area contributed by atoms with Gasteiger partial charge < -0.3 is 19.9 Å². The third kappa shape index (κ3) is 3.29. The standard InChI is InChI=1S/C11H17FNO4P/c1-3-16-18(15,17-4-2)11(13)9-6-5-8(14)7-10(9)12/h5-7,11,14H,3-4,13H2,1-2H3/t11-/m1/s1. The lowest BCUT2D eigenvalue weighted by Gasteiger charge is -2.23. The van der Waals surface area contributed by atoms with E-state index < -0.39 is 19.2 Å². The molecule has 7 heteroatoms. The molecule has 18 heavy (non-hydrogen) atoms. The Morgan fingerprint density at radius 1 is 1.39 bits per heavy atom. The van der Waals surface area contributed by atoms with E-state index in [1.807, 2.05) is 0 Å².